The molecule has 0 atom stereocenters. The Labute approximate surface area is 128 Å². The quantitative estimate of drug-likeness (QED) is 0.832. The summed E-state index contributed by atoms with van der Waals surface area (Å²) < 4.78 is 25.3. The minimum absolute atomic E-state index is 0.125. The van der Waals surface area contributed by atoms with Crippen molar-refractivity contribution < 1.29 is 13.6 Å². The van der Waals surface area contributed by atoms with Crippen LogP contribution in [0.15, 0.2) is 34.2 Å². The first kappa shape index (κ1) is 15.7. The van der Waals surface area contributed by atoms with E-state index in [1.165, 1.54) is 11.8 Å². The highest BCUT2D eigenvalue weighted by molar-refractivity contribution is 8.39. The van der Waals surface area contributed by atoms with Crippen LogP contribution < -0.4 is 5.32 Å². The van der Waals surface area contributed by atoms with E-state index in [1.807, 2.05) is 0 Å². The maximum Gasteiger partial charge on any atom is 0.288 e. The van der Waals surface area contributed by atoms with Gasteiger partial charge in [-0.1, -0.05) is 35.3 Å². The van der Waals surface area contributed by atoms with E-state index in [1.54, 1.807) is 36.0 Å². The van der Waals surface area contributed by atoms with Gasteiger partial charge in [0, 0.05) is 16.3 Å². The predicted molar refractivity (Wildman–Crippen MR) is 84.2 cm³/mol. The van der Waals surface area contributed by atoms with Crippen LogP contribution in [0.25, 0.3) is 0 Å². The molecule has 0 bridgehead atoms. The van der Waals surface area contributed by atoms with Crippen LogP contribution >= 0.6 is 35.3 Å². The lowest BCUT2D eigenvalue weighted by atomic mass is 10.3. The van der Waals surface area contributed by atoms with Gasteiger partial charge in [0.1, 0.15) is 4.38 Å². The Kier molecular flexibility index (Phi) is 6.18. The molecule has 20 heavy (non-hydrogen) atoms. The number of alkyl halides is 2. The van der Waals surface area contributed by atoms with E-state index in [4.69, 9.17) is 0 Å². The predicted octanol–water partition coefficient (Wildman–Crippen LogP) is 3.78. The molecule has 1 amide bonds. The summed E-state index contributed by atoms with van der Waals surface area (Å²) in [7, 11) is 0. The first-order valence-corrected chi connectivity index (χ1v) is 8.63. The second-order valence-corrected chi connectivity index (χ2v) is 7.11. The lowest BCUT2D eigenvalue weighted by Gasteiger charge is -2.06. The summed E-state index contributed by atoms with van der Waals surface area (Å²) in [5.41, 5.74) is 0.607. The number of aliphatic imine (C=N–C) groups is 1. The van der Waals surface area contributed by atoms with Crippen molar-refractivity contribution in [3.05, 3.63) is 24.3 Å². The highest BCUT2D eigenvalue weighted by atomic mass is 32.2. The molecule has 1 aromatic carbocycles. The summed E-state index contributed by atoms with van der Waals surface area (Å²) in [5.74, 6) is -1.27. The fraction of sp³-hybridized carbons (Fsp3) is 0.333. The average Bonchev–Trinajstić information content (AvgIpc) is 2.91. The maximum atomic E-state index is 12.2. The first-order chi connectivity index (χ1) is 9.63. The van der Waals surface area contributed by atoms with E-state index in [0.717, 1.165) is 16.7 Å². The van der Waals surface area contributed by atoms with Crippen LogP contribution in [0.5, 0.6) is 0 Å². The van der Waals surface area contributed by atoms with Crippen molar-refractivity contribution >= 4 is 51.3 Å². The molecule has 1 aromatic rings. The lowest BCUT2D eigenvalue weighted by molar-refractivity contribution is -0.113. The van der Waals surface area contributed by atoms with E-state index in [0.29, 0.717) is 28.1 Å². The SMILES string of the molecule is O=C(CSC1=NCCS1)Nc1ccc(SC(F)F)cc1. The highest BCUT2D eigenvalue weighted by Gasteiger charge is 2.11. The molecule has 0 saturated heterocycles. The third kappa shape index (κ3) is 5.34. The molecule has 0 radical (unpaired) electrons. The zero-order chi connectivity index (χ0) is 14.4. The number of nitrogens with one attached hydrogen (secondary N) is 1. The number of benzene rings is 1. The van der Waals surface area contributed by atoms with Gasteiger partial charge >= 0.3 is 0 Å². The van der Waals surface area contributed by atoms with Gasteiger partial charge in [-0.05, 0) is 24.3 Å². The lowest BCUT2D eigenvalue weighted by Crippen LogP contribution is -2.14. The molecule has 0 unspecified atom stereocenters. The average molecular weight is 334 g/mol. The molecule has 8 heteroatoms. The Morgan fingerprint density at radius 3 is 2.75 bits per heavy atom. The van der Waals surface area contributed by atoms with Gasteiger partial charge < -0.3 is 5.32 Å². The van der Waals surface area contributed by atoms with Gasteiger partial charge in [-0.25, -0.2) is 0 Å². The van der Waals surface area contributed by atoms with Gasteiger partial charge in [-0.3, -0.25) is 9.79 Å². The molecule has 1 aliphatic heterocycles. The zero-order valence-corrected chi connectivity index (χ0v) is 12.8. The molecule has 0 saturated carbocycles. The van der Waals surface area contributed by atoms with Crippen LogP contribution in [-0.4, -0.2) is 34.1 Å². The van der Waals surface area contributed by atoms with Gasteiger partial charge in [0.25, 0.3) is 5.76 Å². The van der Waals surface area contributed by atoms with Crippen LogP contribution in [0, 0.1) is 0 Å². The molecule has 1 N–H and O–H groups in total. The number of hydrogen-bond donors (Lipinski definition) is 1. The maximum absolute atomic E-state index is 12.2. The van der Waals surface area contributed by atoms with Crippen molar-refractivity contribution in [1.82, 2.24) is 0 Å². The standard InChI is InChI=1S/C12H12F2N2OS3/c13-11(14)20-9-3-1-8(2-4-9)16-10(17)7-19-12-15-5-6-18-12/h1-4,11H,5-7H2,(H,16,17). The van der Waals surface area contributed by atoms with Gasteiger partial charge in [0.15, 0.2) is 0 Å². The van der Waals surface area contributed by atoms with Crippen LogP contribution in [0.4, 0.5) is 14.5 Å². The molecule has 2 rings (SSSR count). The number of amides is 1. The summed E-state index contributed by atoms with van der Waals surface area (Å²) in [6, 6.07) is 6.37. The fourth-order valence-corrected chi connectivity index (χ4v) is 3.76. The van der Waals surface area contributed by atoms with Gasteiger partial charge in [-0.2, -0.15) is 8.78 Å². The number of hydrogen-bond acceptors (Lipinski definition) is 5. The third-order valence-electron chi connectivity index (χ3n) is 2.25. The zero-order valence-electron chi connectivity index (χ0n) is 10.3. The molecule has 0 spiro atoms. The van der Waals surface area contributed by atoms with Crippen molar-refractivity contribution in [3.8, 4) is 0 Å². The third-order valence-corrected chi connectivity index (χ3v) is 5.22. The molecule has 0 aromatic heterocycles. The number of halogens is 2. The van der Waals surface area contributed by atoms with E-state index in [2.05, 4.69) is 10.3 Å². The number of carbonyl (C=O) groups excluding carboxylic acids is 1. The first-order valence-electron chi connectivity index (χ1n) is 5.78. The molecular weight excluding hydrogens is 322 g/mol. The highest BCUT2D eigenvalue weighted by Crippen LogP contribution is 2.26. The summed E-state index contributed by atoms with van der Waals surface area (Å²) >= 11 is 3.56. The Balaban J connectivity index is 1.78. The van der Waals surface area contributed by atoms with Crippen LogP contribution in [0.3, 0.4) is 0 Å². The van der Waals surface area contributed by atoms with E-state index in [-0.39, 0.29) is 5.91 Å². The summed E-state index contributed by atoms with van der Waals surface area (Å²) in [6.07, 6.45) is 0. The summed E-state index contributed by atoms with van der Waals surface area (Å²) in [6.45, 7) is 0.817. The second-order valence-electron chi connectivity index (χ2n) is 3.74. The molecule has 0 aliphatic carbocycles. The van der Waals surface area contributed by atoms with Crippen LogP contribution in [-0.2, 0) is 4.79 Å². The molecule has 1 heterocycles. The van der Waals surface area contributed by atoms with Gasteiger partial charge in [0.2, 0.25) is 5.91 Å². The van der Waals surface area contributed by atoms with Gasteiger partial charge in [0.05, 0.1) is 12.3 Å². The Morgan fingerprint density at radius 1 is 1.40 bits per heavy atom. The fourth-order valence-electron chi connectivity index (χ4n) is 1.45. The number of rotatable bonds is 5. The Bertz CT molecular complexity index is 494. The Morgan fingerprint density at radius 2 is 2.15 bits per heavy atom. The van der Waals surface area contributed by atoms with Crippen molar-refractivity contribution in [2.75, 3.05) is 23.4 Å². The van der Waals surface area contributed by atoms with E-state index < -0.39 is 5.76 Å². The van der Waals surface area contributed by atoms with Crippen molar-refractivity contribution in [2.45, 2.75) is 10.7 Å². The second kappa shape index (κ2) is 7.90. The number of nitrogens with zero attached hydrogens (tertiary/aromatic N) is 1. The molecule has 108 valence electrons. The largest absolute Gasteiger partial charge is 0.325 e. The minimum Gasteiger partial charge on any atom is -0.325 e. The number of carbonyl (C=O) groups is 1. The number of anilines is 1. The topological polar surface area (TPSA) is 41.5 Å². The monoisotopic (exact) mass is 334 g/mol. The summed E-state index contributed by atoms with van der Waals surface area (Å²) in [4.78, 5) is 16.4. The smallest absolute Gasteiger partial charge is 0.288 e. The van der Waals surface area contributed by atoms with Crippen molar-refractivity contribution in [3.63, 3.8) is 0 Å². The van der Waals surface area contributed by atoms with E-state index in [9.17, 15) is 13.6 Å². The minimum atomic E-state index is -2.43. The van der Waals surface area contributed by atoms with E-state index >= 15 is 0 Å². The van der Waals surface area contributed by atoms with Crippen LogP contribution in [0.2, 0.25) is 0 Å². The van der Waals surface area contributed by atoms with Crippen molar-refractivity contribution in [2.24, 2.45) is 4.99 Å². The normalized spacial score (nSPS) is 14.4. The Hall–Kier alpha value is -0.730. The number of thioether (sulfide) groups is 3. The molecule has 1 aliphatic rings. The van der Waals surface area contributed by atoms with Crippen molar-refractivity contribution in [1.29, 1.82) is 0 Å². The van der Waals surface area contributed by atoms with Gasteiger partial charge in [-0.15, -0.1) is 0 Å². The molecular formula is C12H12F2N2OS3. The molecule has 0 fully saturated rings. The summed E-state index contributed by atoms with van der Waals surface area (Å²) in [5, 5.41) is 2.73. The van der Waals surface area contributed by atoms with Crippen LogP contribution in [0.1, 0.15) is 0 Å². The molecule has 3 nitrogen and oxygen atoms in total.